The maximum atomic E-state index is 11.4. The molecule has 0 aliphatic carbocycles. The second-order valence-electron chi connectivity index (χ2n) is 3.81. The van der Waals surface area contributed by atoms with E-state index in [1.165, 1.54) is 0 Å². The van der Waals surface area contributed by atoms with Crippen LogP contribution in [0, 0.1) is 0 Å². The van der Waals surface area contributed by atoms with Gasteiger partial charge in [-0.15, -0.1) is 12.4 Å². The number of aromatic amines is 1. The molecule has 0 radical (unpaired) electrons. The number of hydrogen-bond donors (Lipinski definition) is 4. The van der Waals surface area contributed by atoms with Crippen LogP contribution in [0.5, 0.6) is 0 Å². The molecule has 1 amide bonds. The fraction of sp³-hybridized carbons (Fsp3) is 0.167. The minimum atomic E-state index is -0.943. The number of nitrogens with one attached hydrogen (secondary N) is 2. The minimum absolute atomic E-state index is 0. The van der Waals surface area contributed by atoms with Crippen LogP contribution in [-0.4, -0.2) is 33.9 Å². The number of aliphatic hydroxyl groups excluding tert-OH is 1. The second kappa shape index (κ2) is 6.89. The molecular formula is C12H15ClN4O2. The monoisotopic (exact) mass is 282 g/mol. The summed E-state index contributed by atoms with van der Waals surface area (Å²) in [4.78, 5) is 11.4. The summed E-state index contributed by atoms with van der Waals surface area (Å²) in [7, 11) is 0. The van der Waals surface area contributed by atoms with Crippen LogP contribution in [0.15, 0.2) is 36.4 Å². The van der Waals surface area contributed by atoms with Crippen LogP contribution in [0.2, 0.25) is 0 Å². The van der Waals surface area contributed by atoms with Gasteiger partial charge in [-0.25, -0.2) is 0 Å². The van der Waals surface area contributed by atoms with Crippen LogP contribution in [0.3, 0.4) is 0 Å². The Hall–Kier alpha value is -1.89. The Balaban J connectivity index is 0.00000180. The van der Waals surface area contributed by atoms with Crippen molar-refractivity contribution in [2.24, 2.45) is 5.73 Å². The molecule has 1 atom stereocenters. The van der Waals surface area contributed by atoms with Gasteiger partial charge in [0, 0.05) is 6.07 Å². The standard InChI is InChI=1S/C12H14N4O2.ClH/c13-9(7-17)12(18)14-11-6-10(15-16-11)8-4-2-1-3-5-8;/h1-6,9,17H,7,13H2,(H2,14,15,16,18);1H/t9-;/m1./s1. The van der Waals surface area contributed by atoms with E-state index in [0.29, 0.717) is 5.82 Å². The lowest BCUT2D eigenvalue weighted by Gasteiger charge is -2.06. The van der Waals surface area contributed by atoms with Crippen LogP contribution in [0.25, 0.3) is 11.3 Å². The van der Waals surface area contributed by atoms with E-state index < -0.39 is 18.6 Å². The normalized spacial score (nSPS) is 11.5. The van der Waals surface area contributed by atoms with E-state index in [2.05, 4.69) is 15.5 Å². The number of nitrogens with two attached hydrogens (primary N) is 1. The summed E-state index contributed by atoms with van der Waals surface area (Å²) in [6.07, 6.45) is 0. The molecule has 1 heterocycles. The summed E-state index contributed by atoms with van der Waals surface area (Å²) in [5, 5.41) is 18.0. The van der Waals surface area contributed by atoms with Crippen molar-refractivity contribution in [1.29, 1.82) is 0 Å². The third-order valence-corrected chi connectivity index (χ3v) is 2.45. The number of rotatable bonds is 4. The Kier molecular flexibility index (Phi) is 5.50. The fourth-order valence-electron chi connectivity index (χ4n) is 1.45. The molecule has 0 fully saturated rings. The molecule has 6 nitrogen and oxygen atoms in total. The Morgan fingerprint density at radius 1 is 1.42 bits per heavy atom. The van der Waals surface area contributed by atoms with Crippen molar-refractivity contribution in [2.75, 3.05) is 11.9 Å². The lowest BCUT2D eigenvalue weighted by atomic mass is 10.1. The fourth-order valence-corrected chi connectivity index (χ4v) is 1.45. The van der Waals surface area contributed by atoms with Crippen molar-refractivity contribution in [3.05, 3.63) is 36.4 Å². The molecule has 0 bridgehead atoms. The van der Waals surface area contributed by atoms with Crippen molar-refractivity contribution in [1.82, 2.24) is 10.2 Å². The quantitative estimate of drug-likeness (QED) is 0.664. The predicted molar refractivity (Wildman–Crippen MR) is 75.0 cm³/mol. The zero-order chi connectivity index (χ0) is 13.0. The third kappa shape index (κ3) is 3.78. The molecule has 0 unspecified atom stereocenters. The highest BCUT2D eigenvalue weighted by Gasteiger charge is 2.13. The van der Waals surface area contributed by atoms with Crippen molar-refractivity contribution < 1.29 is 9.90 Å². The van der Waals surface area contributed by atoms with Gasteiger partial charge in [0.25, 0.3) is 0 Å². The van der Waals surface area contributed by atoms with E-state index >= 15 is 0 Å². The topological polar surface area (TPSA) is 104 Å². The van der Waals surface area contributed by atoms with Gasteiger partial charge in [-0.2, -0.15) is 5.10 Å². The molecule has 0 saturated heterocycles. The number of aromatic nitrogens is 2. The first kappa shape index (κ1) is 15.2. The Bertz CT molecular complexity index is 530. The number of benzene rings is 1. The van der Waals surface area contributed by atoms with Gasteiger partial charge in [-0.1, -0.05) is 30.3 Å². The van der Waals surface area contributed by atoms with Crippen LogP contribution in [0.4, 0.5) is 5.82 Å². The summed E-state index contributed by atoms with van der Waals surface area (Å²) in [6, 6.07) is 10.4. The molecule has 0 aliphatic rings. The van der Waals surface area contributed by atoms with Gasteiger partial charge >= 0.3 is 0 Å². The van der Waals surface area contributed by atoms with Crippen LogP contribution >= 0.6 is 12.4 Å². The summed E-state index contributed by atoms with van der Waals surface area (Å²) in [5.41, 5.74) is 7.15. The van der Waals surface area contributed by atoms with E-state index in [-0.39, 0.29) is 12.4 Å². The SMILES string of the molecule is Cl.N[C@H](CO)C(=O)Nc1cc(-c2ccccc2)[nH]n1. The summed E-state index contributed by atoms with van der Waals surface area (Å²) >= 11 is 0. The Morgan fingerprint density at radius 3 is 2.74 bits per heavy atom. The average molecular weight is 283 g/mol. The van der Waals surface area contributed by atoms with E-state index in [0.717, 1.165) is 11.3 Å². The summed E-state index contributed by atoms with van der Waals surface area (Å²) < 4.78 is 0. The van der Waals surface area contributed by atoms with Crippen LogP contribution in [-0.2, 0) is 4.79 Å². The third-order valence-electron chi connectivity index (χ3n) is 2.45. The molecule has 2 rings (SSSR count). The van der Waals surface area contributed by atoms with E-state index in [9.17, 15) is 4.79 Å². The first-order valence-electron chi connectivity index (χ1n) is 5.49. The molecule has 102 valence electrons. The predicted octanol–water partition coefficient (Wildman–Crippen LogP) is 0.757. The van der Waals surface area contributed by atoms with E-state index in [1.54, 1.807) is 6.07 Å². The zero-order valence-corrected chi connectivity index (χ0v) is 10.9. The van der Waals surface area contributed by atoms with Crippen molar-refractivity contribution in [2.45, 2.75) is 6.04 Å². The number of amides is 1. The van der Waals surface area contributed by atoms with E-state index in [1.807, 2.05) is 30.3 Å². The van der Waals surface area contributed by atoms with Gasteiger partial charge in [0.15, 0.2) is 5.82 Å². The highest BCUT2D eigenvalue weighted by atomic mass is 35.5. The Labute approximate surface area is 116 Å². The number of anilines is 1. The zero-order valence-electron chi connectivity index (χ0n) is 10.0. The molecule has 5 N–H and O–H groups in total. The number of hydrogen-bond acceptors (Lipinski definition) is 4. The first-order chi connectivity index (χ1) is 8.70. The number of halogens is 1. The van der Waals surface area contributed by atoms with Gasteiger partial charge in [-0.3, -0.25) is 9.89 Å². The molecule has 0 saturated carbocycles. The lowest BCUT2D eigenvalue weighted by Crippen LogP contribution is -2.38. The number of carbonyl (C=O) groups is 1. The summed E-state index contributed by atoms with van der Waals surface area (Å²) in [5.74, 6) is -0.0913. The molecule has 0 aliphatic heterocycles. The minimum Gasteiger partial charge on any atom is -0.394 e. The second-order valence-corrected chi connectivity index (χ2v) is 3.81. The number of carbonyl (C=O) groups excluding carboxylic acids is 1. The number of aliphatic hydroxyl groups is 1. The van der Waals surface area contributed by atoms with Gasteiger partial charge < -0.3 is 16.2 Å². The van der Waals surface area contributed by atoms with Crippen LogP contribution in [0.1, 0.15) is 0 Å². The van der Waals surface area contributed by atoms with Crippen LogP contribution < -0.4 is 11.1 Å². The molecule has 2 aromatic rings. The van der Waals surface area contributed by atoms with Gasteiger partial charge in [0.05, 0.1) is 12.3 Å². The van der Waals surface area contributed by atoms with Gasteiger partial charge in [0.2, 0.25) is 5.91 Å². The highest BCUT2D eigenvalue weighted by Crippen LogP contribution is 2.18. The lowest BCUT2D eigenvalue weighted by molar-refractivity contribution is -0.118. The Morgan fingerprint density at radius 2 is 2.11 bits per heavy atom. The van der Waals surface area contributed by atoms with Gasteiger partial charge in [0.1, 0.15) is 6.04 Å². The first-order valence-corrected chi connectivity index (χ1v) is 5.49. The summed E-state index contributed by atoms with van der Waals surface area (Å²) in [6.45, 7) is -0.401. The van der Waals surface area contributed by atoms with E-state index in [4.69, 9.17) is 10.8 Å². The molecule has 7 heteroatoms. The average Bonchev–Trinajstić information content (AvgIpc) is 2.87. The molecule has 19 heavy (non-hydrogen) atoms. The molecule has 0 spiro atoms. The highest BCUT2D eigenvalue weighted by molar-refractivity contribution is 5.94. The molecular weight excluding hydrogens is 268 g/mol. The molecule has 1 aromatic heterocycles. The maximum Gasteiger partial charge on any atom is 0.244 e. The van der Waals surface area contributed by atoms with Gasteiger partial charge in [-0.05, 0) is 5.56 Å². The van der Waals surface area contributed by atoms with Crippen molar-refractivity contribution >= 4 is 24.1 Å². The number of nitrogens with zero attached hydrogens (tertiary/aromatic N) is 1. The number of H-pyrrole nitrogens is 1. The smallest absolute Gasteiger partial charge is 0.244 e. The molecule has 1 aromatic carbocycles. The van der Waals surface area contributed by atoms with Crippen molar-refractivity contribution in [3.63, 3.8) is 0 Å². The van der Waals surface area contributed by atoms with Crippen molar-refractivity contribution in [3.8, 4) is 11.3 Å². The maximum absolute atomic E-state index is 11.4. The largest absolute Gasteiger partial charge is 0.394 e.